The van der Waals surface area contributed by atoms with Crippen LogP contribution >= 0.6 is 15.9 Å². The van der Waals surface area contributed by atoms with Crippen LogP contribution in [0.4, 0.5) is 0 Å². The molecule has 0 aliphatic heterocycles. The van der Waals surface area contributed by atoms with Crippen molar-refractivity contribution in [3.05, 3.63) is 53.0 Å². The van der Waals surface area contributed by atoms with E-state index in [1.807, 2.05) is 18.7 Å². The van der Waals surface area contributed by atoms with Crippen LogP contribution in [0, 0.1) is 0 Å². The number of hydrogen-bond acceptors (Lipinski definition) is 1. The number of rotatable bonds is 4. The molecule has 84 valence electrons. The van der Waals surface area contributed by atoms with Crippen molar-refractivity contribution in [2.24, 2.45) is 0 Å². The van der Waals surface area contributed by atoms with Crippen molar-refractivity contribution in [2.45, 2.75) is 25.8 Å². The summed E-state index contributed by atoms with van der Waals surface area (Å²) in [4.78, 5) is 4.12. The van der Waals surface area contributed by atoms with Crippen molar-refractivity contribution in [3.63, 3.8) is 0 Å². The molecule has 0 spiro atoms. The van der Waals surface area contributed by atoms with Crippen LogP contribution in [0.5, 0.6) is 0 Å². The lowest BCUT2D eigenvalue weighted by molar-refractivity contribution is 0.532. The molecule has 2 aromatic rings. The van der Waals surface area contributed by atoms with E-state index < -0.39 is 0 Å². The third-order valence-corrected chi connectivity index (χ3v) is 3.17. The molecular weight excluding hydrogens is 264 g/mol. The summed E-state index contributed by atoms with van der Waals surface area (Å²) in [5, 5.41) is 0. The van der Waals surface area contributed by atoms with Gasteiger partial charge in [-0.1, -0.05) is 41.4 Å². The molecule has 0 fully saturated rings. The Balaban J connectivity index is 2.33. The lowest BCUT2D eigenvalue weighted by Gasteiger charge is -2.18. The van der Waals surface area contributed by atoms with Gasteiger partial charge in [-0.15, -0.1) is 0 Å². The fraction of sp³-hybridized carbons (Fsp3) is 0.308. The first kappa shape index (κ1) is 11.4. The fourth-order valence-corrected chi connectivity index (χ4v) is 2.35. The molecule has 0 saturated heterocycles. The maximum atomic E-state index is 4.12. The number of halogens is 1. The molecule has 0 radical (unpaired) electrons. The number of imidazole rings is 1. The van der Waals surface area contributed by atoms with E-state index >= 15 is 0 Å². The van der Waals surface area contributed by atoms with Crippen molar-refractivity contribution in [1.29, 1.82) is 0 Å². The molecule has 1 aromatic heterocycles. The summed E-state index contributed by atoms with van der Waals surface area (Å²) in [7, 11) is 0. The van der Waals surface area contributed by atoms with Gasteiger partial charge in [0.2, 0.25) is 0 Å². The monoisotopic (exact) mass is 278 g/mol. The van der Waals surface area contributed by atoms with Gasteiger partial charge in [-0.2, -0.15) is 0 Å². The predicted molar refractivity (Wildman–Crippen MR) is 69.4 cm³/mol. The Morgan fingerprint density at radius 1 is 1.44 bits per heavy atom. The SMILES string of the molecule is CCCC(c1cccc(Br)c1)n1ccnc1. The van der Waals surface area contributed by atoms with E-state index in [9.17, 15) is 0 Å². The molecule has 0 amide bonds. The standard InChI is InChI=1S/C13H15BrN2/c1-2-4-13(16-8-7-15-10-16)11-5-3-6-12(14)9-11/h3,5-10,13H,2,4H2,1H3. The van der Waals surface area contributed by atoms with Gasteiger partial charge in [0, 0.05) is 16.9 Å². The van der Waals surface area contributed by atoms with Crippen LogP contribution in [0.25, 0.3) is 0 Å². The molecule has 16 heavy (non-hydrogen) atoms. The summed E-state index contributed by atoms with van der Waals surface area (Å²) in [5.74, 6) is 0. The minimum absolute atomic E-state index is 0.394. The van der Waals surface area contributed by atoms with Gasteiger partial charge in [-0.25, -0.2) is 4.98 Å². The average molecular weight is 279 g/mol. The molecule has 1 atom stereocenters. The molecule has 1 unspecified atom stereocenters. The van der Waals surface area contributed by atoms with E-state index in [-0.39, 0.29) is 0 Å². The highest BCUT2D eigenvalue weighted by Crippen LogP contribution is 2.25. The molecule has 3 heteroatoms. The molecule has 0 N–H and O–H groups in total. The lowest BCUT2D eigenvalue weighted by Crippen LogP contribution is -2.08. The number of aromatic nitrogens is 2. The molecule has 2 rings (SSSR count). The van der Waals surface area contributed by atoms with Gasteiger partial charge in [0.15, 0.2) is 0 Å². The predicted octanol–water partition coefficient (Wildman–Crippen LogP) is 4.04. The van der Waals surface area contributed by atoms with Gasteiger partial charge in [0.05, 0.1) is 12.4 Å². The zero-order chi connectivity index (χ0) is 11.4. The summed E-state index contributed by atoms with van der Waals surface area (Å²) >= 11 is 3.52. The summed E-state index contributed by atoms with van der Waals surface area (Å²) in [6, 6.07) is 8.88. The van der Waals surface area contributed by atoms with Crippen molar-refractivity contribution < 1.29 is 0 Å². The molecule has 0 aliphatic rings. The second-order valence-electron chi connectivity index (χ2n) is 3.87. The maximum absolute atomic E-state index is 4.12. The molecule has 2 nitrogen and oxygen atoms in total. The van der Waals surface area contributed by atoms with Crippen LogP contribution in [0.3, 0.4) is 0 Å². The van der Waals surface area contributed by atoms with Gasteiger partial charge in [-0.3, -0.25) is 0 Å². The van der Waals surface area contributed by atoms with Crippen molar-refractivity contribution >= 4 is 15.9 Å². The Kier molecular flexibility index (Phi) is 3.78. The number of hydrogen-bond donors (Lipinski definition) is 0. The number of nitrogens with zero attached hydrogens (tertiary/aromatic N) is 2. The minimum Gasteiger partial charge on any atom is -0.330 e. The summed E-state index contributed by atoms with van der Waals surface area (Å²) in [6.07, 6.45) is 8.05. The lowest BCUT2D eigenvalue weighted by atomic mass is 10.0. The van der Waals surface area contributed by atoms with E-state index in [4.69, 9.17) is 0 Å². The Morgan fingerprint density at radius 3 is 2.94 bits per heavy atom. The van der Waals surface area contributed by atoms with Crippen LogP contribution < -0.4 is 0 Å². The van der Waals surface area contributed by atoms with Gasteiger partial charge in [0.1, 0.15) is 0 Å². The fourth-order valence-electron chi connectivity index (χ4n) is 1.93. The van der Waals surface area contributed by atoms with E-state index in [2.05, 4.69) is 56.7 Å². The smallest absolute Gasteiger partial charge is 0.0951 e. The Morgan fingerprint density at radius 2 is 2.31 bits per heavy atom. The molecule has 0 saturated carbocycles. The largest absolute Gasteiger partial charge is 0.330 e. The molecule has 1 aromatic carbocycles. The highest BCUT2D eigenvalue weighted by atomic mass is 79.9. The quantitative estimate of drug-likeness (QED) is 0.826. The first-order valence-corrected chi connectivity index (χ1v) is 6.33. The maximum Gasteiger partial charge on any atom is 0.0951 e. The normalized spacial score (nSPS) is 12.6. The van der Waals surface area contributed by atoms with Crippen molar-refractivity contribution in [1.82, 2.24) is 9.55 Å². The third kappa shape index (κ3) is 2.53. The molecule has 0 aliphatic carbocycles. The molecule has 0 bridgehead atoms. The molecule has 1 heterocycles. The van der Waals surface area contributed by atoms with Crippen LogP contribution in [0.2, 0.25) is 0 Å². The molecular formula is C13H15BrN2. The highest BCUT2D eigenvalue weighted by Gasteiger charge is 2.11. The van der Waals surface area contributed by atoms with E-state index in [1.165, 1.54) is 5.56 Å². The van der Waals surface area contributed by atoms with Gasteiger partial charge >= 0.3 is 0 Å². The highest BCUT2D eigenvalue weighted by molar-refractivity contribution is 9.10. The second-order valence-corrected chi connectivity index (χ2v) is 4.79. The Bertz CT molecular complexity index is 437. The van der Waals surface area contributed by atoms with Crippen molar-refractivity contribution in [2.75, 3.05) is 0 Å². The van der Waals surface area contributed by atoms with Gasteiger partial charge in [-0.05, 0) is 24.1 Å². The zero-order valence-corrected chi connectivity index (χ0v) is 10.9. The van der Waals surface area contributed by atoms with Crippen LogP contribution in [-0.2, 0) is 0 Å². The van der Waals surface area contributed by atoms with Gasteiger partial charge < -0.3 is 4.57 Å². The van der Waals surface area contributed by atoms with E-state index in [0.717, 1.165) is 17.3 Å². The Hall–Kier alpha value is -1.09. The zero-order valence-electron chi connectivity index (χ0n) is 9.31. The van der Waals surface area contributed by atoms with Crippen molar-refractivity contribution in [3.8, 4) is 0 Å². The summed E-state index contributed by atoms with van der Waals surface area (Å²) in [5.41, 5.74) is 1.33. The van der Waals surface area contributed by atoms with Crippen LogP contribution in [0.1, 0.15) is 31.4 Å². The van der Waals surface area contributed by atoms with Gasteiger partial charge in [0.25, 0.3) is 0 Å². The van der Waals surface area contributed by atoms with Crippen LogP contribution in [0.15, 0.2) is 47.5 Å². The second kappa shape index (κ2) is 5.30. The minimum atomic E-state index is 0.394. The summed E-state index contributed by atoms with van der Waals surface area (Å²) in [6.45, 7) is 2.21. The Labute approximate surface area is 104 Å². The summed E-state index contributed by atoms with van der Waals surface area (Å²) < 4.78 is 3.30. The first-order chi connectivity index (χ1) is 7.81. The van der Waals surface area contributed by atoms with Crippen LogP contribution in [-0.4, -0.2) is 9.55 Å². The number of benzene rings is 1. The topological polar surface area (TPSA) is 17.8 Å². The van der Waals surface area contributed by atoms with E-state index in [0.29, 0.717) is 6.04 Å². The third-order valence-electron chi connectivity index (χ3n) is 2.68. The van der Waals surface area contributed by atoms with E-state index in [1.54, 1.807) is 0 Å². The first-order valence-electron chi connectivity index (χ1n) is 5.54. The average Bonchev–Trinajstić information content (AvgIpc) is 2.79.